The summed E-state index contributed by atoms with van der Waals surface area (Å²) in [6.45, 7) is 0. The highest BCUT2D eigenvalue weighted by atomic mass is 16.3. The second-order valence-electron chi connectivity index (χ2n) is 14.4. The standard InChI is InChI=1S/C51H30N2O/c1-2-14-31(15-3-1)32-18-12-19-35(28-32)48-47-38-22-8-11-27-45(38)54-50(47)53-49(52-48)39-23-13-26-43-46(39)37-21-7-10-25-42(37)51(43)41-24-9-6-20-36(41)40-29-33-16-4-5-17-34(33)30-44(40)51/h1-30H. The average molecular weight is 687 g/mol. The molecule has 10 aromatic rings. The molecule has 54 heavy (non-hydrogen) atoms. The minimum atomic E-state index is -0.492. The van der Waals surface area contributed by atoms with Crippen LogP contribution in [-0.4, -0.2) is 9.97 Å². The third-order valence-corrected chi connectivity index (χ3v) is 11.7. The Balaban J connectivity index is 1.16. The molecule has 3 heteroatoms. The minimum absolute atomic E-state index is 0.492. The Morgan fingerprint density at radius 2 is 1.04 bits per heavy atom. The van der Waals surface area contributed by atoms with Gasteiger partial charge in [-0.15, -0.1) is 0 Å². The number of furan rings is 1. The Labute approximate surface area is 311 Å². The topological polar surface area (TPSA) is 38.9 Å². The lowest BCUT2D eigenvalue weighted by Gasteiger charge is -2.30. The van der Waals surface area contributed by atoms with Crippen LogP contribution in [0.4, 0.5) is 0 Å². The molecule has 0 bridgehead atoms. The van der Waals surface area contributed by atoms with E-state index in [9.17, 15) is 0 Å². The zero-order chi connectivity index (χ0) is 35.4. The van der Waals surface area contributed by atoms with Crippen LogP contribution in [0.25, 0.3) is 88.9 Å². The summed E-state index contributed by atoms with van der Waals surface area (Å²) >= 11 is 0. The number of para-hydroxylation sites is 1. The van der Waals surface area contributed by atoms with Gasteiger partial charge in [0.25, 0.3) is 0 Å². The minimum Gasteiger partial charge on any atom is -0.438 e. The molecule has 250 valence electrons. The fourth-order valence-electron chi connectivity index (χ4n) is 9.49. The number of hydrogen-bond donors (Lipinski definition) is 0. The summed E-state index contributed by atoms with van der Waals surface area (Å²) in [5.74, 6) is 0.649. The Morgan fingerprint density at radius 1 is 0.407 bits per heavy atom. The number of aromatic nitrogens is 2. The highest BCUT2D eigenvalue weighted by molar-refractivity contribution is 6.11. The van der Waals surface area contributed by atoms with Crippen molar-refractivity contribution in [3.05, 3.63) is 204 Å². The van der Waals surface area contributed by atoms with Gasteiger partial charge in [-0.3, -0.25) is 0 Å². The van der Waals surface area contributed by atoms with E-state index in [0.717, 1.165) is 44.3 Å². The molecule has 1 spiro atoms. The first-order valence-corrected chi connectivity index (χ1v) is 18.5. The lowest BCUT2D eigenvalue weighted by atomic mass is 9.70. The summed E-state index contributed by atoms with van der Waals surface area (Å²) in [6.07, 6.45) is 0. The first-order chi connectivity index (χ1) is 26.8. The van der Waals surface area contributed by atoms with Crippen molar-refractivity contribution in [3.63, 3.8) is 0 Å². The second kappa shape index (κ2) is 11.0. The average Bonchev–Trinajstić information content (AvgIpc) is 3.87. The predicted octanol–water partition coefficient (Wildman–Crippen LogP) is 12.9. The Bertz CT molecular complexity index is 3180. The maximum Gasteiger partial charge on any atom is 0.231 e. The molecule has 2 aliphatic rings. The van der Waals surface area contributed by atoms with Crippen molar-refractivity contribution < 1.29 is 4.42 Å². The molecule has 0 N–H and O–H groups in total. The molecule has 12 rings (SSSR count). The summed E-state index contributed by atoms with van der Waals surface area (Å²) in [5, 5.41) is 4.43. The van der Waals surface area contributed by atoms with Crippen LogP contribution in [0.3, 0.4) is 0 Å². The van der Waals surface area contributed by atoms with Gasteiger partial charge in [0.2, 0.25) is 5.71 Å². The molecular weight excluding hydrogens is 657 g/mol. The van der Waals surface area contributed by atoms with Crippen molar-refractivity contribution in [2.24, 2.45) is 0 Å². The van der Waals surface area contributed by atoms with E-state index in [1.54, 1.807) is 0 Å². The third kappa shape index (κ3) is 3.90. The van der Waals surface area contributed by atoms with Gasteiger partial charge < -0.3 is 4.42 Å². The zero-order valence-electron chi connectivity index (χ0n) is 29.1. The van der Waals surface area contributed by atoms with Crippen LogP contribution in [-0.2, 0) is 5.41 Å². The van der Waals surface area contributed by atoms with Crippen molar-refractivity contribution >= 4 is 32.8 Å². The predicted molar refractivity (Wildman–Crippen MR) is 219 cm³/mol. The quantitative estimate of drug-likeness (QED) is 0.186. The van der Waals surface area contributed by atoms with Crippen molar-refractivity contribution in [2.45, 2.75) is 5.41 Å². The van der Waals surface area contributed by atoms with E-state index in [-0.39, 0.29) is 0 Å². The number of benzene rings is 8. The molecule has 2 aliphatic carbocycles. The third-order valence-electron chi connectivity index (χ3n) is 11.7. The SMILES string of the molecule is c1ccc(-c2cccc(-c3nc(-c4cccc5c4-c4ccccc4C54c5ccccc5-c5cc6ccccc6cc54)nc4oc5ccccc5c34)c2)cc1. The van der Waals surface area contributed by atoms with Crippen molar-refractivity contribution in [2.75, 3.05) is 0 Å². The van der Waals surface area contributed by atoms with Crippen LogP contribution in [0, 0.1) is 0 Å². The summed E-state index contributed by atoms with van der Waals surface area (Å²) in [7, 11) is 0. The van der Waals surface area contributed by atoms with Gasteiger partial charge in [-0.05, 0) is 90.7 Å². The first-order valence-electron chi connectivity index (χ1n) is 18.5. The fraction of sp³-hybridized carbons (Fsp3) is 0.0196. The van der Waals surface area contributed by atoms with Gasteiger partial charge >= 0.3 is 0 Å². The van der Waals surface area contributed by atoms with E-state index >= 15 is 0 Å². The van der Waals surface area contributed by atoms with Gasteiger partial charge in [0.05, 0.1) is 16.5 Å². The van der Waals surface area contributed by atoms with E-state index in [1.807, 2.05) is 12.1 Å². The summed E-state index contributed by atoms with van der Waals surface area (Å²) < 4.78 is 6.56. The number of nitrogens with zero attached hydrogens (tertiary/aromatic N) is 2. The van der Waals surface area contributed by atoms with Gasteiger partial charge in [-0.2, -0.15) is 4.98 Å². The molecule has 0 aliphatic heterocycles. The number of hydrogen-bond acceptors (Lipinski definition) is 3. The van der Waals surface area contributed by atoms with Crippen molar-refractivity contribution in [3.8, 4) is 56.0 Å². The first kappa shape index (κ1) is 29.5. The van der Waals surface area contributed by atoms with Crippen molar-refractivity contribution in [1.82, 2.24) is 9.97 Å². The molecule has 0 radical (unpaired) electrons. The van der Waals surface area contributed by atoms with Crippen LogP contribution in [0.15, 0.2) is 186 Å². The number of rotatable bonds is 3. The van der Waals surface area contributed by atoms with E-state index < -0.39 is 5.41 Å². The monoisotopic (exact) mass is 686 g/mol. The zero-order valence-corrected chi connectivity index (χ0v) is 29.1. The van der Waals surface area contributed by atoms with Crippen LogP contribution in [0.1, 0.15) is 22.3 Å². The largest absolute Gasteiger partial charge is 0.438 e. The Kier molecular flexibility index (Phi) is 5.98. The second-order valence-corrected chi connectivity index (χ2v) is 14.4. The van der Waals surface area contributed by atoms with Gasteiger partial charge in [-0.1, -0.05) is 158 Å². The number of fused-ring (bicyclic) bond motifs is 14. The molecule has 1 unspecified atom stereocenters. The maximum absolute atomic E-state index is 6.56. The Hall–Kier alpha value is -7.10. The molecule has 2 aromatic heterocycles. The van der Waals surface area contributed by atoms with Crippen LogP contribution in [0.5, 0.6) is 0 Å². The highest BCUT2D eigenvalue weighted by Crippen LogP contribution is 2.64. The fourth-order valence-corrected chi connectivity index (χ4v) is 9.49. The van der Waals surface area contributed by atoms with E-state index in [0.29, 0.717) is 11.5 Å². The Morgan fingerprint density at radius 3 is 1.91 bits per heavy atom. The lowest BCUT2D eigenvalue weighted by Crippen LogP contribution is -2.25. The van der Waals surface area contributed by atoms with Crippen LogP contribution >= 0.6 is 0 Å². The summed E-state index contributed by atoms with van der Waals surface area (Å²) in [5.41, 5.74) is 16.2. The summed E-state index contributed by atoms with van der Waals surface area (Å²) in [6, 6.07) is 65.5. The van der Waals surface area contributed by atoms with E-state index in [4.69, 9.17) is 14.4 Å². The van der Waals surface area contributed by atoms with Crippen LogP contribution < -0.4 is 0 Å². The smallest absolute Gasteiger partial charge is 0.231 e. The molecule has 3 nitrogen and oxygen atoms in total. The van der Waals surface area contributed by atoms with Gasteiger partial charge in [0.1, 0.15) is 5.58 Å². The summed E-state index contributed by atoms with van der Waals surface area (Å²) in [4.78, 5) is 10.8. The lowest BCUT2D eigenvalue weighted by molar-refractivity contribution is 0.653. The normalized spacial score (nSPS) is 15.1. The molecule has 0 amide bonds. The molecule has 0 saturated heterocycles. The van der Waals surface area contributed by atoms with Crippen LogP contribution in [0.2, 0.25) is 0 Å². The van der Waals surface area contributed by atoms with Gasteiger partial charge in [0, 0.05) is 16.5 Å². The molecule has 1 atom stereocenters. The van der Waals surface area contributed by atoms with Crippen molar-refractivity contribution in [1.29, 1.82) is 0 Å². The van der Waals surface area contributed by atoms with E-state index in [2.05, 4.69) is 170 Å². The molecule has 2 heterocycles. The van der Waals surface area contributed by atoms with Gasteiger partial charge in [0.15, 0.2) is 5.82 Å². The highest BCUT2D eigenvalue weighted by Gasteiger charge is 2.52. The van der Waals surface area contributed by atoms with Gasteiger partial charge in [-0.25, -0.2) is 4.98 Å². The maximum atomic E-state index is 6.56. The molecule has 0 saturated carbocycles. The molecule has 0 fully saturated rings. The molecular formula is C51H30N2O. The molecule has 8 aromatic carbocycles. The van der Waals surface area contributed by atoms with E-state index in [1.165, 1.54) is 55.3 Å².